The van der Waals surface area contributed by atoms with Crippen LogP contribution < -0.4 is 19.1 Å². The second-order valence-corrected chi connectivity index (χ2v) is 12.1. The number of amides is 1. The van der Waals surface area contributed by atoms with Crippen molar-refractivity contribution < 1.29 is 32.2 Å². The Kier molecular flexibility index (Phi) is 10.2. The molecule has 0 bridgehead atoms. The lowest BCUT2D eigenvalue weighted by Gasteiger charge is -2.44. The fourth-order valence-electron chi connectivity index (χ4n) is 6.02. The van der Waals surface area contributed by atoms with Gasteiger partial charge in [0.2, 0.25) is 5.91 Å². The van der Waals surface area contributed by atoms with Crippen LogP contribution in [-0.2, 0) is 30.8 Å². The first-order chi connectivity index (χ1) is 22.5. The molecule has 3 aromatic carbocycles. The maximum atomic E-state index is 14.1. The first-order valence-electron chi connectivity index (χ1n) is 15.3. The van der Waals surface area contributed by atoms with Gasteiger partial charge in [-0.2, -0.15) is 18.3 Å². The SMILES string of the molecule is COc1ccc(CN2C[C@H](C(F)(F)F)CC(C)(Cc3ccc(N(Cc4ccc(OC)cc4)Cc4ccc(OC)cc4)nn3)C2=O)cc1. The van der Waals surface area contributed by atoms with Gasteiger partial charge in [-0.25, -0.2) is 0 Å². The van der Waals surface area contributed by atoms with Crippen LogP contribution in [-0.4, -0.2) is 55.1 Å². The Labute approximate surface area is 273 Å². The fourth-order valence-corrected chi connectivity index (χ4v) is 6.02. The van der Waals surface area contributed by atoms with E-state index in [1.807, 2.05) is 54.6 Å². The van der Waals surface area contributed by atoms with Crippen LogP contribution in [0.1, 0.15) is 35.7 Å². The van der Waals surface area contributed by atoms with E-state index in [-0.39, 0.29) is 31.8 Å². The molecular weight excluding hydrogens is 609 g/mol. The average Bonchev–Trinajstić information content (AvgIpc) is 3.07. The van der Waals surface area contributed by atoms with E-state index < -0.39 is 17.5 Å². The predicted molar refractivity (Wildman–Crippen MR) is 172 cm³/mol. The molecule has 1 aliphatic rings. The van der Waals surface area contributed by atoms with Gasteiger partial charge in [0.1, 0.15) is 17.2 Å². The fraction of sp³-hybridized carbons (Fsp3) is 0.361. The molecule has 11 heteroatoms. The Morgan fingerprint density at radius 1 is 0.766 bits per heavy atom. The molecule has 248 valence electrons. The van der Waals surface area contributed by atoms with E-state index in [0.717, 1.165) is 28.2 Å². The van der Waals surface area contributed by atoms with E-state index in [9.17, 15) is 18.0 Å². The summed E-state index contributed by atoms with van der Waals surface area (Å²) < 4.78 is 58.2. The van der Waals surface area contributed by atoms with Crippen LogP contribution in [0, 0.1) is 11.3 Å². The molecule has 1 amide bonds. The predicted octanol–water partition coefficient (Wildman–Crippen LogP) is 6.87. The van der Waals surface area contributed by atoms with Crippen molar-refractivity contribution >= 4 is 11.7 Å². The number of alkyl halides is 3. The molecule has 8 nitrogen and oxygen atoms in total. The summed E-state index contributed by atoms with van der Waals surface area (Å²) in [5.74, 6) is 0.738. The second kappa shape index (κ2) is 14.3. The van der Waals surface area contributed by atoms with Crippen molar-refractivity contribution in [1.29, 1.82) is 0 Å². The quantitative estimate of drug-likeness (QED) is 0.166. The number of likely N-dealkylation sites (tertiary alicyclic amines) is 1. The Balaban J connectivity index is 1.37. The summed E-state index contributed by atoms with van der Waals surface area (Å²) in [6.45, 7) is 2.33. The van der Waals surface area contributed by atoms with Gasteiger partial charge in [0.15, 0.2) is 5.82 Å². The number of hydrogen-bond donors (Lipinski definition) is 0. The number of benzene rings is 3. The highest BCUT2D eigenvalue weighted by molar-refractivity contribution is 5.83. The lowest BCUT2D eigenvalue weighted by molar-refractivity contribution is -0.202. The van der Waals surface area contributed by atoms with Gasteiger partial charge in [-0.3, -0.25) is 4.79 Å². The molecule has 1 unspecified atom stereocenters. The van der Waals surface area contributed by atoms with E-state index in [4.69, 9.17) is 14.2 Å². The Morgan fingerprint density at radius 2 is 1.26 bits per heavy atom. The third kappa shape index (κ3) is 8.33. The maximum absolute atomic E-state index is 14.1. The number of methoxy groups -OCH3 is 3. The molecule has 0 spiro atoms. The highest BCUT2D eigenvalue weighted by Crippen LogP contribution is 2.44. The lowest BCUT2D eigenvalue weighted by Crippen LogP contribution is -2.54. The van der Waals surface area contributed by atoms with Gasteiger partial charge in [0, 0.05) is 32.6 Å². The van der Waals surface area contributed by atoms with Crippen LogP contribution in [0.5, 0.6) is 17.2 Å². The van der Waals surface area contributed by atoms with Crippen LogP contribution in [0.3, 0.4) is 0 Å². The topological polar surface area (TPSA) is 77.0 Å². The minimum absolute atomic E-state index is 0.0295. The van der Waals surface area contributed by atoms with Crippen molar-refractivity contribution in [2.24, 2.45) is 11.3 Å². The zero-order valence-electron chi connectivity index (χ0n) is 27.0. The van der Waals surface area contributed by atoms with Crippen molar-refractivity contribution in [2.45, 2.75) is 45.6 Å². The molecule has 4 aromatic rings. The second-order valence-electron chi connectivity index (χ2n) is 12.1. The summed E-state index contributed by atoms with van der Waals surface area (Å²) >= 11 is 0. The number of anilines is 1. The maximum Gasteiger partial charge on any atom is 0.393 e. The summed E-state index contributed by atoms with van der Waals surface area (Å²) in [5, 5.41) is 8.93. The number of carbonyl (C=O) groups is 1. The number of piperidine rings is 1. The number of rotatable bonds is 12. The molecular formula is C36H39F3N4O4. The molecule has 5 rings (SSSR count). The minimum atomic E-state index is -4.45. The van der Waals surface area contributed by atoms with Crippen LogP contribution in [0.25, 0.3) is 0 Å². The molecule has 1 aliphatic heterocycles. The van der Waals surface area contributed by atoms with Crippen LogP contribution in [0.4, 0.5) is 19.0 Å². The van der Waals surface area contributed by atoms with Crippen molar-refractivity contribution in [3.63, 3.8) is 0 Å². The van der Waals surface area contributed by atoms with Crippen molar-refractivity contribution in [1.82, 2.24) is 15.1 Å². The summed E-state index contributed by atoms with van der Waals surface area (Å²) in [6, 6.07) is 26.0. The Hall–Kier alpha value is -4.80. The number of carbonyl (C=O) groups excluding carboxylic acids is 1. The standard InChI is InChI=1S/C36H39F3N4O4/c1-35(19-28(36(37,38)39)24-43(34(35)44)23-27-9-16-32(47-4)17-10-27)20-29-11-18-33(41-40-29)42(21-25-5-12-30(45-2)13-6-25)22-26-7-14-31(46-3)15-8-26/h5-18,28H,19-24H2,1-4H3/t28-,35?/m1/s1. The van der Waals surface area contributed by atoms with Gasteiger partial charge < -0.3 is 24.0 Å². The molecule has 1 fully saturated rings. The average molecular weight is 649 g/mol. The van der Waals surface area contributed by atoms with E-state index in [1.165, 1.54) is 12.0 Å². The Morgan fingerprint density at radius 3 is 1.68 bits per heavy atom. The molecule has 2 atom stereocenters. The number of nitrogens with zero attached hydrogens (tertiary/aromatic N) is 4. The molecule has 47 heavy (non-hydrogen) atoms. The normalized spacial score (nSPS) is 18.1. The van der Waals surface area contributed by atoms with Gasteiger partial charge >= 0.3 is 6.18 Å². The van der Waals surface area contributed by atoms with Crippen molar-refractivity contribution in [3.8, 4) is 17.2 Å². The third-order valence-electron chi connectivity index (χ3n) is 8.60. The monoisotopic (exact) mass is 648 g/mol. The zero-order chi connectivity index (χ0) is 33.6. The highest BCUT2D eigenvalue weighted by atomic mass is 19.4. The number of halogens is 3. The largest absolute Gasteiger partial charge is 0.497 e. The molecule has 0 N–H and O–H groups in total. The van der Waals surface area contributed by atoms with Gasteiger partial charge in [-0.05, 0) is 71.6 Å². The van der Waals surface area contributed by atoms with Crippen molar-refractivity contribution in [3.05, 3.63) is 107 Å². The van der Waals surface area contributed by atoms with Gasteiger partial charge in [-0.1, -0.05) is 43.3 Å². The first-order valence-corrected chi connectivity index (χ1v) is 15.3. The molecule has 1 saturated heterocycles. The van der Waals surface area contributed by atoms with Gasteiger partial charge in [-0.15, -0.1) is 5.10 Å². The van der Waals surface area contributed by atoms with E-state index in [1.54, 1.807) is 51.5 Å². The summed E-state index contributed by atoms with van der Waals surface area (Å²) in [6.07, 6.45) is -4.74. The third-order valence-corrected chi connectivity index (χ3v) is 8.60. The van der Waals surface area contributed by atoms with E-state index >= 15 is 0 Å². The minimum Gasteiger partial charge on any atom is -0.497 e. The Bertz CT molecular complexity index is 1570. The van der Waals surface area contributed by atoms with Gasteiger partial charge in [0.25, 0.3) is 0 Å². The zero-order valence-corrected chi connectivity index (χ0v) is 27.0. The molecule has 0 saturated carbocycles. The van der Waals surface area contributed by atoms with Crippen molar-refractivity contribution in [2.75, 3.05) is 32.8 Å². The summed E-state index contributed by atoms with van der Waals surface area (Å²) in [5.41, 5.74) is 1.92. The van der Waals surface area contributed by atoms with Crippen LogP contribution >= 0.6 is 0 Å². The smallest absolute Gasteiger partial charge is 0.393 e. The van der Waals surface area contributed by atoms with Crippen LogP contribution in [0.15, 0.2) is 84.9 Å². The summed E-state index contributed by atoms with van der Waals surface area (Å²) in [4.78, 5) is 17.2. The molecule has 2 heterocycles. The van der Waals surface area contributed by atoms with E-state index in [0.29, 0.717) is 30.4 Å². The molecule has 1 aromatic heterocycles. The van der Waals surface area contributed by atoms with Crippen LogP contribution in [0.2, 0.25) is 0 Å². The van der Waals surface area contributed by atoms with Gasteiger partial charge in [0.05, 0.1) is 38.4 Å². The number of ether oxygens (including phenoxy) is 3. The highest BCUT2D eigenvalue weighted by Gasteiger charge is 2.52. The lowest BCUT2D eigenvalue weighted by atomic mass is 9.72. The molecule has 0 radical (unpaired) electrons. The summed E-state index contributed by atoms with van der Waals surface area (Å²) in [7, 11) is 4.77. The van der Waals surface area contributed by atoms with E-state index in [2.05, 4.69) is 15.1 Å². The first kappa shape index (κ1) is 33.6. The number of aromatic nitrogens is 2. The molecule has 0 aliphatic carbocycles. The number of hydrogen-bond acceptors (Lipinski definition) is 7.